The van der Waals surface area contributed by atoms with E-state index in [0.29, 0.717) is 36.8 Å². The van der Waals surface area contributed by atoms with Gasteiger partial charge in [0.1, 0.15) is 6.10 Å². The van der Waals surface area contributed by atoms with Gasteiger partial charge in [0.25, 0.3) is 5.91 Å². The molecule has 1 N–H and O–H groups in total. The maximum absolute atomic E-state index is 12.9. The van der Waals surface area contributed by atoms with Gasteiger partial charge in [0, 0.05) is 30.5 Å². The first kappa shape index (κ1) is 16.7. The number of aryl methyl sites for hydroxylation is 1. The van der Waals surface area contributed by atoms with Crippen molar-refractivity contribution in [2.24, 2.45) is 0 Å². The maximum Gasteiger partial charge on any atom is 0.254 e. The molecule has 1 atom stereocenters. The van der Waals surface area contributed by atoms with Crippen molar-refractivity contribution in [2.75, 3.05) is 38.9 Å². The number of carbonyl (C=O) groups is 1. The Labute approximate surface area is 151 Å². The van der Waals surface area contributed by atoms with Gasteiger partial charge < -0.3 is 24.4 Å². The Morgan fingerprint density at radius 1 is 1.23 bits per heavy atom. The third-order valence-corrected chi connectivity index (χ3v) is 4.56. The molecule has 136 valence electrons. The van der Waals surface area contributed by atoms with E-state index in [9.17, 15) is 4.79 Å². The Morgan fingerprint density at radius 3 is 2.92 bits per heavy atom. The van der Waals surface area contributed by atoms with Crippen LogP contribution >= 0.6 is 0 Å². The Balaban J connectivity index is 1.53. The molecular weight excluding hydrogens is 334 g/mol. The molecule has 2 aromatic rings. The molecule has 7 nitrogen and oxygen atoms in total. The van der Waals surface area contributed by atoms with Crippen LogP contribution in [-0.4, -0.2) is 49.3 Å². The molecule has 0 spiro atoms. The molecule has 1 amide bonds. The smallest absolute Gasteiger partial charge is 0.254 e. The molecule has 0 unspecified atom stereocenters. The number of benzene rings is 1. The molecule has 7 heteroatoms. The van der Waals surface area contributed by atoms with Crippen LogP contribution in [-0.2, 0) is 4.74 Å². The van der Waals surface area contributed by atoms with Gasteiger partial charge in [0.2, 0.25) is 6.79 Å². The van der Waals surface area contributed by atoms with Gasteiger partial charge in [-0.3, -0.25) is 9.78 Å². The summed E-state index contributed by atoms with van der Waals surface area (Å²) in [5.41, 5.74) is 3.31. The largest absolute Gasteiger partial charge is 0.454 e. The molecule has 1 aromatic carbocycles. The highest BCUT2D eigenvalue weighted by atomic mass is 16.7. The Morgan fingerprint density at radius 2 is 2.08 bits per heavy atom. The van der Waals surface area contributed by atoms with Gasteiger partial charge in [-0.1, -0.05) is 0 Å². The minimum absolute atomic E-state index is 0.0434. The third kappa shape index (κ3) is 3.17. The van der Waals surface area contributed by atoms with Crippen LogP contribution in [0.1, 0.15) is 27.8 Å². The standard InChI is InChI=1S/C19H21N3O4/c1-12-7-14(20-2)9-15(21-12)18-10-22(5-6-24-18)19(23)13-3-4-16-17(8-13)26-11-25-16/h3-4,7-9,18H,5-6,10-11H2,1-2H3,(H,20,21)/t18-/m0/s1. The van der Waals surface area contributed by atoms with Gasteiger partial charge in [0.05, 0.1) is 18.8 Å². The fourth-order valence-corrected chi connectivity index (χ4v) is 3.23. The summed E-state index contributed by atoms with van der Waals surface area (Å²) in [6.07, 6.45) is -0.242. The lowest BCUT2D eigenvalue weighted by Crippen LogP contribution is -2.42. The van der Waals surface area contributed by atoms with Gasteiger partial charge in [-0.05, 0) is 37.3 Å². The average molecular weight is 355 g/mol. The minimum Gasteiger partial charge on any atom is -0.454 e. The highest BCUT2D eigenvalue weighted by Gasteiger charge is 2.28. The number of morpholine rings is 1. The zero-order chi connectivity index (χ0) is 18.1. The second kappa shape index (κ2) is 6.84. The number of nitrogens with one attached hydrogen (secondary N) is 1. The number of carbonyl (C=O) groups excluding carboxylic acids is 1. The summed E-state index contributed by atoms with van der Waals surface area (Å²) in [5, 5.41) is 3.13. The highest BCUT2D eigenvalue weighted by Crippen LogP contribution is 2.33. The van der Waals surface area contributed by atoms with E-state index in [1.807, 2.05) is 26.1 Å². The Hall–Kier alpha value is -2.80. The molecule has 2 aliphatic rings. The van der Waals surface area contributed by atoms with E-state index in [1.54, 1.807) is 23.1 Å². The maximum atomic E-state index is 12.9. The summed E-state index contributed by atoms with van der Waals surface area (Å²) in [6, 6.07) is 9.21. The second-order valence-corrected chi connectivity index (χ2v) is 6.35. The molecule has 0 bridgehead atoms. The molecule has 3 heterocycles. The summed E-state index contributed by atoms with van der Waals surface area (Å²) in [7, 11) is 1.87. The van der Waals surface area contributed by atoms with Gasteiger partial charge in [0.15, 0.2) is 11.5 Å². The summed E-state index contributed by atoms with van der Waals surface area (Å²) in [5.74, 6) is 1.24. The number of hydrogen-bond donors (Lipinski definition) is 1. The lowest BCUT2D eigenvalue weighted by molar-refractivity contribution is -0.0247. The van der Waals surface area contributed by atoms with E-state index < -0.39 is 0 Å². The predicted molar refractivity (Wildman–Crippen MR) is 95.7 cm³/mol. The first-order chi connectivity index (χ1) is 12.6. The van der Waals surface area contributed by atoms with Gasteiger partial charge in [-0.25, -0.2) is 0 Å². The van der Waals surface area contributed by atoms with Crippen LogP contribution in [0, 0.1) is 6.92 Å². The molecule has 0 radical (unpaired) electrons. The number of nitrogens with zero attached hydrogens (tertiary/aromatic N) is 2. The van der Waals surface area contributed by atoms with E-state index in [2.05, 4.69) is 10.3 Å². The highest BCUT2D eigenvalue weighted by molar-refractivity contribution is 5.95. The monoisotopic (exact) mass is 355 g/mol. The third-order valence-electron chi connectivity index (χ3n) is 4.56. The number of pyridine rings is 1. The van der Waals surface area contributed by atoms with Crippen molar-refractivity contribution in [1.82, 2.24) is 9.88 Å². The quantitative estimate of drug-likeness (QED) is 0.911. The summed E-state index contributed by atoms with van der Waals surface area (Å²) >= 11 is 0. The summed E-state index contributed by atoms with van der Waals surface area (Å²) < 4.78 is 16.6. The fourth-order valence-electron chi connectivity index (χ4n) is 3.23. The van der Waals surface area contributed by atoms with Crippen LogP contribution in [0.25, 0.3) is 0 Å². The number of rotatable bonds is 3. The van der Waals surface area contributed by atoms with Gasteiger partial charge in [-0.2, -0.15) is 0 Å². The van der Waals surface area contributed by atoms with Gasteiger partial charge in [-0.15, -0.1) is 0 Å². The van der Waals surface area contributed by atoms with Crippen molar-refractivity contribution < 1.29 is 19.0 Å². The first-order valence-electron chi connectivity index (χ1n) is 8.61. The second-order valence-electron chi connectivity index (χ2n) is 6.35. The van der Waals surface area contributed by atoms with E-state index >= 15 is 0 Å². The molecule has 2 aliphatic heterocycles. The molecule has 0 aliphatic carbocycles. The number of hydrogen-bond acceptors (Lipinski definition) is 6. The molecule has 1 aromatic heterocycles. The average Bonchev–Trinajstić information content (AvgIpc) is 3.14. The van der Waals surface area contributed by atoms with E-state index in [1.165, 1.54) is 0 Å². The zero-order valence-electron chi connectivity index (χ0n) is 14.8. The number of amides is 1. The van der Waals surface area contributed by atoms with Gasteiger partial charge >= 0.3 is 0 Å². The predicted octanol–water partition coefficient (Wildman–Crippen LogP) is 2.37. The molecular formula is C19H21N3O4. The topological polar surface area (TPSA) is 72.9 Å². The van der Waals surface area contributed by atoms with Crippen LogP contribution in [0.15, 0.2) is 30.3 Å². The zero-order valence-corrected chi connectivity index (χ0v) is 14.8. The molecule has 1 fully saturated rings. The van der Waals surface area contributed by atoms with Crippen molar-refractivity contribution >= 4 is 11.6 Å². The van der Waals surface area contributed by atoms with Crippen molar-refractivity contribution in [3.05, 3.63) is 47.3 Å². The van der Waals surface area contributed by atoms with Crippen molar-refractivity contribution in [3.63, 3.8) is 0 Å². The number of ether oxygens (including phenoxy) is 3. The molecule has 0 saturated carbocycles. The summed E-state index contributed by atoms with van der Waals surface area (Å²) in [4.78, 5) is 19.3. The van der Waals surface area contributed by atoms with Crippen molar-refractivity contribution in [3.8, 4) is 11.5 Å². The number of anilines is 1. The number of aromatic nitrogens is 1. The first-order valence-corrected chi connectivity index (χ1v) is 8.61. The Kier molecular flexibility index (Phi) is 4.38. The van der Waals surface area contributed by atoms with Crippen LogP contribution < -0.4 is 14.8 Å². The number of fused-ring (bicyclic) bond motifs is 1. The van der Waals surface area contributed by atoms with Crippen LogP contribution in [0.3, 0.4) is 0 Å². The van der Waals surface area contributed by atoms with Crippen molar-refractivity contribution in [2.45, 2.75) is 13.0 Å². The fraction of sp³-hybridized carbons (Fsp3) is 0.368. The van der Waals surface area contributed by atoms with Crippen LogP contribution in [0.5, 0.6) is 11.5 Å². The SMILES string of the molecule is CNc1cc(C)nc([C@@H]2CN(C(=O)c3ccc4c(c3)OCO4)CCO2)c1. The molecule has 1 saturated heterocycles. The Bertz CT molecular complexity index is 840. The molecule has 4 rings (SSSR count). The molecule has 26 heavy (non-hydrogen) atoms. The summed E-state index contributed by atoms with van der Waals surface area (Å²) in [6.45, 7) is 3.63. The normalized spacial score (nSPS) is 18.7. The lowest BCUT2D eigenvalue weighted by atomic mass is 10.1. The van der Waals surface area contributed by atoms with Crippen molar-refractivity contribution in [1.29, 1.82) is 0 Å². The van der Waals surface area contributed by atoms with E-state index in [0.717, 1.165) is 17.1 Å². The van der Waals surface area contributed by atoms with Crippen LogP contribution in [0.4, 0.5) is 5.69 Å². The van der Waals surface area contributed by atoms with E-state index in [4.69, 9.17) is 14.2 Å². The van der Waals surface area contributed by atoms with Crippen LogP contribution in [0.2, 0.25) is 0 Å². The minimum atomic E-state index is -0.242. The lowest BCUT2D eigenvalue weighted by Gasteiger charge is -2.33. The van der Waals surface area contributed by atoms with E-state index in [-0.39, 0.29) is 18.8 Å².